The Morgan fingerprint density at radius 3 is 2.32 bits per heavy atom. The van der Waals surface area contributed by atoms with Crippen LogP contribution in [0.4, 0.5) is 0 Å². The molecule has 0 aromatic heterocycles. The van der Waals surface area contributed by atoms with E-state index in [-0.39, 0.29) is 6.61 Å². The molecule has 0 fully saturated rings. The zero-order chi connectivity index (χ0) is 16.6. The normalized spacial score (nSPS) is 15.4. The average Bonchev–Trinajstić information content (AvgIpc) is 2.52. The molecule has 2 atom stereocenters. The Labute approximate surface area is 137 Å². The van der Waals surface area contributed by atoms with Gasteiger partial charge in [0.05, 0.1) is 18.8 Å². The molecule has 0 heterocycles. The third-order valence-electron chi connectivity index (χ3n) is 3.98. The highest BCUT2D eigenvalue weighted by Gasteiger charge is 2.08. The molecular weight excluding hydrogens is 274 g/mol. The van der Waals surface area contributed by atoms with E-state index >= 15 is 0 Å². The molecule has 0 aromatic carbocycles. The third-order valence-corrected chi connectivity index (χ3v) is 3.98. The van der Waals surface area contributed by atoms with Crippen molar-refractivity contribution < 1.29 is 10.2 Å². The van der Waals surface area contributed by atoms with E-state index in [2.05, 4.69) is 19.9 Å². The van der Waals surface area contributed by atoms with Crippen LogP contribution in [0.15, 0.2) is 23.8 Å². The van der Waals surface area contributed by atoms with Gasteiger partial charge in [-0.25, -0.2) is 0 Å². The van der Waals surface area contributed by atoms with E-state index in [1.54, 1.807) is 6.08 Å². The fraction of sp³-hybridized carbons (Fsp3) is 0.789. The smallest absolute Gasteiger partial charge is 0.0894 e. The minimum absolute atomic E-state index is 0.192. The molecule has 0 amide bonds. The number of hydrogen-bond acceptors (Lipinski definition) is 3. The molecule has 0 aliphatic rings. The van der Waals surface area contributed by atoms with Crippen molar-refractivity contribution in [1.82, 2.24) is 0 Å². The first-order valence-electron chi connectivity index (χ1n) is 8.98. The van der Waals surface area contributed by atoms with Crippen molar-refractivity contribution in [3.8, 4) is 0 Å². The van der Waals surface area contributed by atoms with Crippen LogP contribution in [0.2, 0.25) is 0 Å². The van der Waals surface area contributed by atoms with E-state index in [4.69, 9.17) is 10.8 Å². The van der Waals surface area contributed by atoms with Crippen molar-refractivity contribution >= 4 is 0 Å². The number of aliphatic hydroxyl groups excluding tert-OH is 2. The highest BCUT2D eigenvalue weighted by atomic mass is 16.3. The lowest BCUT2D eigenvalue weighted by atomic mass is 10.0. The van der Waals surface area contributed by atoms with Gasteiger partial charge in [-0.15, -0.1) is 0 Å². The largest absolute Gasteiger partial charge is 0.395 e. The number of rotatable bonds is 14. The van der Waals surface area contributed by atoms with Crippen molar-refractivity contribution in [1.29, 1.82) is 0 Å². The summed E-state index contributed by atoms with van der Waals surface area (Å²) in [7, 11) is 0. The molecule has 0 radical (unpaired) electrons. The van der Waals surface area contributed by atoms with Crippen molar-refractivity contribution in [3.05, 3.63) is 23.8 Å². The molecule has 0 spiro atoms. The van der Waals surface area contributed by atoms with Crippen LogP contribution in [-0.2, 0) is 0 Å². The predicted octanol–water partition coefficient (Wildman–Crippen LogP) is 4.09. The molecule has 0 saturated carbocycles. The molecule has 0 aromatic rings. The molecule has 3 nitrogen and oxygen atoms in total. The number of unbranched alkanes of at least 4 members (excludes halogenated alkanes) is 7. The van der Waals surface area contributed by atoms with Crippen LogP contribution in [0.5, 0.6) is 0 Å². The van der Waals surface area contributed by atoms with Crippen molar-refractivity contribution in [3.63, 3.8) is 0 Å². The van der Waals surface area contributed by atoms with Gasteiger partial charge in [0.2, 0.25) is 0 Å². The Hall–Kier alpha value is -0.640. The van der Waals surface area contributed by atoms with E-state index in [0.717, 1.165) is 12.8 Å². The van der Waals surface area contributed by atoms with Gasteiger partial charge in [0.1, 0.15) is 0 Å². The second kappa shape index (κ2) is 15.3. The fourth-order valence-corrected chi connectivity index (χ4v) is 2.38. The number of aliphatic hydroxyl groups is 2. The lowest BCUT2D eigenvalue weighted by Crippen LogP contribution is -2.36. The van der Waals surface area contributed by atoms with Crippen molar-refractivity contribution in [2.24, 2.45) is 5.73 Å². The maximum absolute atomic E-state index is 9.56. The fourth-order valence-electron chi connectivity index (χ4n) is 2.38. The monoisotopic (exact) mass is 311 g/mol. The number of allylic oxidation sites excluding steroid dienone is 3. The van der Waals surface area contributed by atoms with E-state index in [9.17, 15) is 5.11 Å². The lowest BCUT2D eigenvalue weighted by Gasteiger charge is -2.11. The van der Waals surface area contributed by atoms with Crippen LogP contribution < -0.4 is 5.73 Å². The summed E-state index contributed by atoms with van der Waals surface area (Å²) in [5, 5.41) is 18.4. The maximum Gasteiger partial charge on any atom is 0.0894 e. The van der Waals surface area contributed by atoms with Crippen molar-refractivity contribution in [2.45, 2.75) is 90.2 Å². The Bertz CT molecular complexity index is 300. The summed E-state index contributed by atoms with van der Waals surface area (Å²) in [6.07, 6.45) is 17.8. The van der Waals surface area contributed by atoms with Gasteiger partial charge in [-0.05, 0) is 32.6 Å². The Morgan fingerprint density at radius 2 is 1.68 bits per heavy atom. The van der Waals surface area contributed by atoms with Crippen LogP contribution in [0, 0.1) is 0 Å². The van der Waals surface area contributed by atoms with Crippen LogP contribution in [0.25, 0.3) is 0 Å². The van der Waals surface area contributed by atoms with Gasteiger partial charge in [-0.2, -0.15) is 0 Å². The zero-order valence-electron chi connectivity index (χ0n) is 14.6. The summed E-state index contributed by atoms with van der Waals surface area (Å²) in [4.78, 5) is 0. The van der Waals surface area contributed by atoms with Gasteiger partial charge in [-0.1, -0.05) is 69.2 Å². The van der Waals surface area contributed by atoms with E-state index in [0.29, 0.717) is 0 Å². The minimum Gasteiger partial charge on any atom is -0.395 e. The first-order chi connectivity index (χ1) is 10.6. The van der Waals surface area contributed by atoms with Crippen LogP contribution in [0.3, 0.4) is 0 Å². The highest BCUT2D eigenvalue weighted by Crippen LogP contribution is 2.13. The molecular formula is C19H37NO2. The second-order valence-corrected chi connectivity index (χ2v) is 6.26. The van der Waals surface area contributed by atoms with Crippen LogP contribution in [-0.4, -0.2) is 29.0 Å². The molecule has 130 valence electrons. The standard InChI is InChI=1S/C19H37NO2/c1-3-4-5-6-7-8-10-13-17(2)14-11-9-12-15-19(22)18(20)16-21/h12,14-15,18-19,21-22H,3-11,13,16,20H2,1-2H3/b15-12+,17-14-/t18-,19?/m1/s1. The quantitative estimate of drug-likeness (QED) is 0.334. The topological polar surface area (TPSA) is 66.5 Å². The van der Waals surface area contributed by atoms with Crippen LogP contribution >= 0.6 is 0 Å². The first-order valence-corrected chi connectivity index (χ1v) is 8.98. The molecule has 22 heavy (non-hydrogen) atoms. The molecule has 4 N–H and O–H groups in total. The summed E-state index contributed by atoms with van der Waals surface area (Å²) in [6, 6.07) is -0.578. The third kappa shape index (κ3) is 13.1. The summed E-state index contributed by atoms with van der Waals surface area (Å²) >= 11 is 0. The van der Waals surface area contributed by atoms with Crippen LogP contribution in [0.1, 0.15) is 78.1 Å². The maximum atomic E-state index is 9.56. The minimum atomic E-state index is -0.747. The van der Waals surface area contributed by atoms with Gasteiger partial charge in [0.25, 0.3) is 0 Å². The Morgan fingerprint density at radius 1 is 1.05 bits per heavy atom. The van der Waals surface area contributed by atoms with E-state index in [1.807, 2.05) is 6.08 Å². The molecule has 0 saturated heterocycles. The van der Waals surface area contributed by atoms with Gasteiger partial charge in [-0.3, -0.25) is 0 Å². The van der Waals surface area contributed by atoms with E-state index in [1.165, 1.54) is 56.9 Å². The first kappa shape index (κ1) is 21.4. The molecule has 0 rings (SSSR count). The summed E-state index contributed by atoms with van der Waals surface area (Å²) in [5.41, 5.74) is 6.99. The van der Waals surface area contributed by atoms with E-state index < -0.39 is 12.1 Å². The highest BCUT2D eigenvalue weighted by molar-refractivity contribution is 5.00. The lowest BCUT2D eigenvalue weighted by molar-refractivity contribution is 0.144. The van der Waals surface area contributed by atoms with Gasteiger partial charge in [0, 0.05) is 0 Å². The Kier molecular flexibility index (Phi) is 14.8. The van der Waals surface area contributed by atoms with Gasteiger partial charge in [0.15, 0.2) is 0 Å². The summed E-state index contributed by atoms with van der Waals surface area (Å²) in [5.74, 6) is 0. The van der Waals surface area contributed by atoms with Crippen molar-refractivity contribution in [2.75, 3.05) is 6.61 Å². The Balaban J connectivity index is 3.58. The predicted molar refractivity (Wildman–Crippen MR) is 95.8 cm³/mol. The molecule has 0 bridgehead atoms. The van der Waals surface area contributed by atoms with Gasteiger partial charge < -0.3 is 15.9 Å². The SMILES string of the molecule is CCCCCCCCC/C(C)=C\CC/C=C/C(O)[C@H](N)CO. The number of nitrogens with two attached hydrogens (primary N) is 1. The second-order valence-electron chi connectivity index (χ2n) is 6.26. The molecule has 0 aliphatic heterocycles. The number of hydrogen-bond donors (Lipinski definition) is 3. The molecule has 0 aliphatic carbocycles. The van der Waals surface area contributed by atoms with Gasteiger partial charge >= 0.3 is 0 Å². The molecule has 3 heteroatoms. The summed E-state index contributed by atoms with van der Waals surface area (Å²) in [6.45, 7) is 4.27. The molecule has 1 unspecified atom stereocenters. The average molecular weight is 312 g/mol. The zero-order valence-corrected chi connectivity index (χ0v) is 14.6. The summed E-state index contributed by atoms with van der Waals surface area (Å²) < 4.78 is 0.